The molecule has 0 N–H and O–H groups in total. The molecule has 1 amide bonds. The molecule has 1 heterocycles. The molecule has 1 atom stereocenters. The van der Waals surface area contributed by atoms with Crippen LogP contribution in [0.5, 0.6) is 0 Å². The fraction of sp³-hybridized carbons (Fsp3) is 0.875. The highest BCUT2D eigenvalue weighted by Crippen LogP contribution is 2.10. The first kappa shape index (κ1) is 18.9. The number of hydrogen-bond acceptors (Lipinski definition) is 5. The molecule has 0 radical (unpaired) electrons. The minimum Gasteiger partial charge on any atom is -0.469 e. The maximum atomic E-state index is 12.1. The quantitative estimate of drug-likeness (QED) is 0.447. The molecule has 1 unspecified atom stereocenters. The minimum absolute atomic E-state index is 0.0556. The number of ether oxygens (including phenoxy) is 2. The van der Waals surface area contributed by atoms with Crippen molar-refractivity contribution in [1.82, 2.24) is 9.80 Å². The Morgan fingerprint density at radius 3 is 2.45 bits per heavy atom. The van der Waals surface area contributed by atoms with Crippen LogP contribution in [-0.2, 0) is 19.1 Å². The number of rotatable bonds is 10. The molecule has 0 aromatic heterocycles. The first-order valence-corrected chi connectivity index (χ1v) is 8.15. The Bertz CT molecular complexity index is 343. The molecule has 1 aliphatic rings. The monoisotopic (exact) mass is 314 g/mol. The second-order valence-corrected chi connectivity index (χ2v) is 5.95. The van der Waals surface area contributed by atoms with Crippen LogP contribution in [0.2, 0.25) is 0 Å². The van der Waals surface area contributed by atoms with Crippen molar-refractivity contribution in [3.8, 4) is 0 Å². The van der Waals surface area contributed by atoms with Gasteiger partial charge in [0.1, 0.15) is 6.61 Å². The number of nitrogens with zero attached hydrogens (tertiary/aromatic N) is 2. The van der Waals surface area contributed by atoms with Crippen LogP contribution in [0.25, 0.3) is 0 Å². The van der Waals surface area contributed by atoms with E-state index in [-0.39, 0.29) is 24.4 Å². The predicted octanol–water partition coefficient (Wildman–Crippen LogP) is 1.15. The molecular formula is C16H30N2O4. The predicted molar refractivity (Wildman–Crippen MR) is 84.5 cm³/mol. The molecule has 1 rings (SSSR count). The van der Waals surface area contributed by atoms with Crippen LogP contribution in [0, 0.1) is 5.92 Å². The molecule has 0 aromatic rings. The van der Waals surface area contributed by atoms with Crippen molar-refractivity contribution in [3.63, 3.8) is 0 Å². The molecule has 128 valence electrons. The van der Waals surface area contributed by atoms with Gasteiger partial charge in [-0.3, -0.25) is 9.59 Å². The average molecular weight is 314 g/mol. The van der Waals surface area contributed by atoms with Gasteiger partial charge in [-0.05, 0) is 45.3 Å². The minimum atomic E-state index is -0.315. The third-order valence-corrected chi connectivity index (χ3v) is 4.07. The largest absolute Gasteiger partial charge is 0.469 e. The summed E-state index contributed by atoms with van der Waals surface area (Å²) < 4.78 is 9.66. The Labute approximate surface area is 133 Å². The van der Waals surface area contributed by atoms with Gasteiger partial charge < -0.3 is 19.3 Å². The van der Waals surface area contributed by atoms with Crippen LogP contribution in [0.4, 0.5) is 0 Å². The first-order valence-electron chi connectivity index (χ1n) is 8.15. The maximum absolute atomic E-state index is 12.1. The Balaban J connectivity index is 2.36. The van der Waals surface area contributed by atoms with E-state index in [4.69, 9.17) is 9.47 Å². The number of unbranched alkanes of at least 4 members (excludes halogenated alkanes) is 1. The SMILES string of the molecule is COCC(=O)N(CCCCN1CCCC1)CC(C)C(=O)OC. The number of likely N-dealkylation sites (tertiary alicyclic amines) is 1. The number of amides is 1. The number of esters is 1. The van der Waals surface area contributed by atoms with Crippen molar-refractivity contribution in [2.24, 2.45) is 5.92 Å². The summed E-state index contributed by atoms with van der Waals surface area (Å²) in [4.78, 5) is 27.8. The van der Waals surface area contributed by atoms with Crippen molar-refractivity contribution in [2.75, 3.05) is 53.6 Å². The summed E-state index contributed by atoms with van der Waals surface area (Å²) in [5, 5.41) is 0. The van der Waals surface area contributed by atoms with E-state index in [9.17, 15) is 9.59 Å². The van der Waals surface area contributed by atoms with Crippen molar-refractivity contribution >= 4 is 11.9 Å². The van der Waals surface area contributed by atoms with E-state index in [0.717, 1.165) is 19.4 Å². The lowest BCUT2D eigenvalue weighted by Gasteiger charge is -2.25. The van der Waals surface area contributed by atoms with Crippen molar-refractivity contribution in [2.45, 2.75) is 32.6 Å². The summed E-state index contributed by atoms with van der Waals surface area (Å²) >= 11 is 0. The normalized spacial score (nSPS) is 16.5. The second-order valence-electron chi connectivity index (χ2n) is 5.95. The van der Waals surface area contributed by atoms with Crippen LogP contribution in [0.1, 0.15) is 32.6 Å². The lowest BCUT2D eigenvalue weighted by molar-refractivity contribution is -0.147. The van der Waals surface area contributed by atoms with Crippen LogP contribution in [0.3, 0.4) is 0 Å². The molecule has 0 saturated carbocycles. The van der Waals surface area contributed by atoms with E-state index in [0.29, 0.717) is 13.1 Å². The summed E-state index contributed by atoms with van der Waals surface area (Å²) in [5.74, 6) is -0.670. The Hall–Kier alpha value is -1.14. The van der Waals surface area contributed by atoms with E-state index in [1.54, 1.807) is 11.8 Å². The molecule has 0 aromatic carbocycles. The number of hydrogen-bond donors (Lipinski definition) is 0. The van der Waals surface area contributed by atoms with Gasteiger partial charge in [-0.25, -0.2) is 0 Å². The van der Waals surface area contributed by atoms with E-state index in [1.807, 2.05) is 0 Å². The summed E-state index contributed by atoms with van der Waals surface area (Å²) in [6.07, 6.45) is 4.62. The zero-order chi connectivity index (χ0) is 16.4. The summed E-state index contributed by atoms with van der Waals surface area (Å²) in [6, 6.07) is 0. The highest BCUT2D eigenvalue weighted by atomic mass is 16.5. The van der Waals surface area contributed by atoms with E-state index in [1.165, 1.54) is 40.2 Å². The third kappa shape index (κ3) is 6.75. The van der Waals surface area contributed by atoms with Crippen LogP contribution in [0.15, 0.2) is 0 Å². The Morgan fingerprint density at radius 1 is 1.18 bits per heavy atom. The lowest BCUT2D eigenvalue weighted by atomic mass is 10.1. The molecule has 6 nitrogen and oxygen atoms in total. The molecule has 0 bridgehead atoms. The van der Waals surface area contributed by atoms with E-state index in [2.05, 4.69) is 4.90 Å². The fourth-order valence-electron chi connectivity index (χ4n) is 2.78. The average Bonchev–Trinajstić information content (AvgIpc) is 3.02. The van der Waals surface area contributed by atoms with Gasteiger partial charge in [-0.15, -0.1) is 0 Å². The third-order valence-electron chi connectivity index (χ3n) is 4.07. The van der Waals surface area contributed by atoms with E-state index < -0.39 is 0 Å². The number of carbonyl (C=O) groups excluding carboxylic acids is 2. The van der Waals surface area contributed by atoms with Gasteiger partial charge in [0.15, 0.2) is 0 Å². The van der Waals surface area contributed by atoms with Crippen molar-refractivity contribution < 1.29 is 19.1 Å². The molecule has 0 spiro atoms. The van der Waals surface area contributed by atoms with Crippen molar-refractivity contribution in [3.05, 3.63) is 0 Å². The highest BCUT2D eigenvalue weighted by molar-refractivity contribution is 5.78. The topological polar surface area (TPSA) is 59.1 Å². The molecule has 1 fully saturated rings. The maximum Gasteiger partial charge on any atom is 0.310 e. The van der Waals surface area contributed by atoms with Gasteiger partial charge in [0.2, 0.25) is 5.91 Å². The molecular weight excluding hydrogens is 284 g/mol. The van der Waals surface area contributed by atoms with Gasteiger partial charge in [0.05, 0.1) is 13.0 Å². The summed E-state index contributed by atoms with van der Waals surface area (Å²) in [5.41, 5.74) is 0. The molecule has 22 heavy (non-hydrogen) atoms. The molecule has 1 saturated heterocycles. The van der Waals surface area contributed by atoms with Crippen molar-refractivity contribution in [1.29, 1.82) is 0 Å². The zero-order valence-electron chi connectivity index (χ0n) is 14.2. The molecule has 6 heteroatoms. The summed E-state index contributed by atoms with van der Waals surface area (Å²) in [7, 11) is 2.88. The van der Waals surface area contributed by atoms with Gasteiger partial charge in [-0.1, -0.05) is 6.92 Å². The van der Waals surface area contributed by atoms with Crippen LogP contribution >= 0.6 is 0 Å². The Kier molecular flexibility index (Phi) is 9.08. The first-order chi connectivity index (χ1) is 10.6. The molecule has 1 aliphatic heterocycles. The second kappa shape index (κ2) is 10.6. The fourth-order valence-corrected chi connectivity index (χ4v) is 2.78. The molecule has 0 aliphatic carbocycles. The number of methoxy groups -OCH3 is 2. The summed E-state index contributed by atoms with van der Waals surface area (Å²) in [6.45, 7) is 6.38. The van der Waals surface area contributed by atoms with Crippen LogP contribution < -0.4 is 0 Å². The highest BCUT2D eigenvalue weighted by Gasteiger charge is 2.21. The standard InChI is InChI=1S/C16H30N2O4/c1-14(16(20)22-3)12-18(15(19)13-21-2)11-7-6-10-17-8-4-5-9-17/h14H,4-13H2,1-3H3. The van der Waals surface area contributed by atoms with E-state index >= 15 is 0 Å². The smallest absolute Gasteiger partial charge is 0.310 e. The Morgan fingerprint density at radius 2 is 1.86 bits per heavy atom. The van der Waals surface area contributed by atoms with Gasteiger partial charge in [0.25, 0.3) is 0 Å². The zero-order valence-corrected chi connectivity index (χ0v) is 14.2. The number of carbonyl (C=O) groups is 2. The van der Waals surface area contributed by atoms with Gasteiger partial charge >= 0.3 is 5.97 Å². The van der Waals surface area contributed by atoms with Gasteiger partial charge in [0, 0.05) is 20.2 Å². The van der Waals surface area contributed by atoms with Crippen LogP contribution in [-0.4, -0.2) is 75.2 Å². The van der Waals surface area contributed by atoms with Gasteiger partial charge in [-0.2, -0.15) is 0 Å². The lowest BCUT2D eigenvalue weighted by Crippen LogP contribution is -2.40.